The average Bonchev–Trinajstić information content (AvgIpc) is 2.27. The molecule has 1 aromatic rings. The summed E-state index contributed by atoms with van der Waals surface area (Å²) in [6, 6.07) is 1.12. The molecule has 1 rings (SSSR count). The predicted molar refractivity (Wildman–Crippen MR) is 57.5 cm³/mol. The Morgan fingerprint density at radius 2 is 2.19 bits per heavy atom. The van der Waals surface area contributed by atoms with E-state index in [0.29, 0.717) is 0 Å². The summed E-state index contributed by atoms with van der Waals surface area (Å²) in [6.45, 7) is 3.27. The van der Waals surface area contributed by atoms with E-state index < -0.39 is 11.4 Å². The van der Waals surface area contributed by atoms with E-state index in [9.17, 15) is 9.18 Å². The topological polar surface area (TPSA) is 53.4 Å². The molecule has 0 aliphatic heterocycles. The molecule has 0 atom stereocenters. The van der Waals surface area contributed by atoms with Crippen LogP contribution in [0.15, 0.2) is 18.5 Å². The van der Waals surface area contributed by atoms with E-state index in [4.69, 9.17) is 5.11 Å². The average molecular weight is 226 g/mol. The van der Waals surface area contributed by atoms with Crippen LogP contribution in [0.1, 0.15) is 24.2 Å². The molecule has 0 aliphatic rings. The van der Waals surface area contributed by atoms with E-state index >= 15 is 0 Å². The van der Waals surface area contributed by atoms with Gasteiger partial charge >= 0.3 is 0 Å². The second-order valence-corrected chi connectivity index (χ2v) is 4.23. The van der Waals surface area contributed by atoms with Crippen molar-refractivity contribution < 1.29 is 14.3 Å². The Bertz CT molecular complexity index is 393. The number of likely N-dealkylation sites (N-methyl/N-ethyl adjacent to an activating group) is 1. The number of carbonyl (C=O) groups excluding carboxylic acids is 1. The second kappa shape index (κ2) is 4.57. The SMILES string of the molecule is CN(C(=O)c1cncc(F)c1)C(C)(C)CO. The number of hydrogen-bond donors (Lipinski definition) is 1. The molecule has 5 heteroatoms. The van der Waals surface area contributed by atoms with Gasteiger partial charge in [-0.25, -0.2) is 4.39 Å². The fourth-order valence-corrected chi connectivity index (χ4v) is 1.10. The highest BCUT2D eigenvalue weighted by Gasteiger charge is 2.27. The van der Waals surface area contributed by atoms with E-state index in [2.05, 4.69) is 4.98 Å². The molecule has 1 heterocycles. The zero-order valence-corrected chi connectivity index (χ0v) is 9.57. The molecule has 1 N–H and O–H groups in total. The van der Waals surface area contributed by atoms with E-state index in [-0.39, 0.29) is 18.1 Å². The molecule has 4 nitrogen and oxygen atoms in total. The van der Waals surface area contributed by atoms with Gasteiger partial charge in [-0.05, 0) is 19.9 Å². The minimum Gasteiger partial charge on any atom is -0.394 e. The van der Waals surface area contributed by atoms with Gasteiger partial charge in [0.05, 0.1) is 23.9 Å². The normalized spacial score (nSPS) is 11.3. The maximum absolute atomic E-state index is 12.9. The second-order valence-electron chi connectivity index (χ2n) is 4.23. The van der Waals surface area contributed by atoms with E-state index in [1.54, 1.807) is 20.9 Å². The summed E-state index contributed by atoms with van der Waals surface area (Å²) in [5.41, 5.74) is -0.521. The van der Waals surface area contributed by atoms with Crippen LogP contribution in [0.2, 0.25) is 0 Å². The molecule has 0 saturated heterocycles. The van der Waals surface area contributed by atoms with Crippen molar-refractivity contribution in [3.63, 3.8) is 0 Å². The van der Waals surface area contributed by atoms with Crippen molar-refractivity contribution in [1.82, 2.24) is 9.88 Å². The Hall–Kier alpha value is -1.49. The number of pyridine rings is 1. The minimum absolute atomic E-state index is 0.169. The van der Waals surface area contributed by atoms with Crippen molar-refractivity contribution in [2.75, 3.05) is 13.7 Å². The van der Waals surface area contributed by atoms with Gasteiger partial charge in [0, 0.05) is 13.2 Å². The summed E-state index contributed by atoms with van der Waals surface area (Å²) in [7, 11) is 1.56. The Morgan fingerprint density at radius 1 is 1.56 bits per heavy atom. The number of halogens is 1. The van der Waals surface area contributed by atoms with Gasteiger partial charge in [-0.15, -0.1) is 0 Å². The fraction of sp³-hybridized carbons (Fsp3) is 0.455. The van der Waals surface area contributed by atoms with Crippen molar-refractivity contribution in [3.8, 4) is 0 Å². The predicted octanol–water partition coefficient (Wildman–Crippen LogP) is 1.06. The third kappa shape index (κ3) is 2.55. The zero-order chi connectivity index (χ0) is 12.3. The molecule has 0 saturated carbocycles. The number of carbonyl (C=O) groups is 1. The first-order valence-corrected chi connectivity index (χ1v) is 4.88. The molecule has 88 valence electrons. The van der Waals surface area contributed by atoms with Crippen LogP contribution < -0.4 is 0 Å². The van der Waals surface area contributed by atoms with Gasteiger partial charge in [0.2, 0.25) is 0 Å². The van der Waals surface area contributed by atoms with Crippen molar-refractivity contribution >= 4 is 5.91 Å². The lowest BCUT2D eigenvalue weighted by molar-refractivity contribution is 0.0472. The van der Waals surface area contributed by atoms with Crippen LogP contribution in [0, 0.1) is 5.82 Å². The van der Waals surface area contributed by atoms with Crippen molar-refractivity contribution in [2.45, 2.75) is 19.4 Å². The highest BCUT2D eigenvalue weighted by molar-refractivity contribution is 5.94. The van der Waals surface area contributed by atoms with Crippen LogP contribution in [-0.2, 0) is 0 Å². The number of hydrogen-bond acceptors (Lipinski definition) is 3. The highest BCUT2D eigenvalue weighted by Crippen LogP contribution is 2.15. The minimum atomic E-state index is -0.691. The van der Waals surface area contributed by atoms with Gasteiger partial charge in [-0.1, -0.05) is 0 Å². The molecule has 0 aromatic carbocycles. The lowest BCUT2D eigenvalue weighted by Gasteiger charge is -2.33. The smallest absolute Gasteiger partial charge is 0.255 e. The summed E-state index contributed by atoms with van der Waals surface area (Å²) < 4.78 is 12.9. The van der Waals surface area contributed by atoms with Crippen LogP contribution in [0.25, 0.3) is 0 Å². The van der Waals surface area contributed by atoms with E-state index in [1.165, 1.54) is 11.1 Å². The highest BCUT2D eigenvalue weighted by atomic mass is 19.1. The molecule has 1 amide bonds. The molecule has 0 fully saturated rings. The number of rotatable bonds is 3. The van der Waals surface area contributed by atoms with Gasteiger partial charge in [0.25, 0.3) is 5.91 Å². The van der Waals surface area contributed by atoms with Crippen LogP contribution in [-0.4, -0.2) is 40.1 Å². The zero-order valence-electron chi connectivity index (χ0n) is 9.57. The first kappa shape index (κ1) is 12.6. The molecule has 0 radical (unpaired) electrons. The largest absolute Gasteiger partial charge is 0.394 e. The maximum atomic E-state index is 12.9. The Balaban J connectivity index is 2.95. The summed E-state index contributed by atoms with van der Waals surface area (Å²) in [4.78, 5) is 16.9. The first-order chi connectivity index (χ1) is 7.38. The molecule has 0 spiro atoms. The summed E-state index contributed by atoms with van der Waals surface area (Å²) in [6.07, 6.45) is 2.34. The van der Waals surface area contributed by atoms with Gasteiger partial charge in [-0.3, -0.25) is 9.78 Å². The first-order valence-electron chi connectivity index (χ1n) is 4.88. The Labute approximate surface area is 93.7 Å². The summed E-state index contributed by atoms with van der Waals surface area (Å²) in [5.74, 6) is -0.924. The molecule has 16 heavy (non-hydrogen) atoms. The number of aromatic nitrogens is 1. The van der Waals surface area contributed by atoms with E-state index in [1.807, 2.05) is 0 Å². The van der Waals surface area contributed by atoms with Crippen LogP contribution in [0.3, 0.4) is 0 Å². The van der Waals surface area contributed by atoms with Crippen LogP contribution in [0.5, 0.6) is 0 Å². The maximum Gasteiger partial charge on any atom is 0.255 e. The van der Waals surface area contributed by atoms with Gasteiger partial charge in [0.15, 0.2) is 0 Å². The monoisotopic (exact) mass is 226 g/mol. The van der Waals surface area contributed by atoms with Gasteiger partial charge in [-0.2, -0.15) is 0 Å². The standard InChI is InChI=1S/C11H15FN2O2/c1-11(2,7-15)14(3)10(16)8-4-9(12)6-13-5-8/h4-6,15H,7H2,1-3H3. The van der Waals surface area contributed by atoms with Crippen LogP contribution in [0.4, 0.5) is 4.39 Å². The quantitative estimate of drug-likeness (QED) is 0.838. The lowest BCUT2D eigenvalue weighted by atomic mass is 10.0. The number of nitrogens with zero attached hydrogens (tertiary/aromatic N) is 2. The third-order valence-electron chi connectivity index (χ3n) is 2.55. The van der Waals surface area contributed by atoms with Crippen molar-refractivity contribution in [3.05, 3.63) is 29.8 Å². The molecule has 0 unspecified atom stereocenters. The van der Waals surface area contributed by atoms with Gasteiger partial charge < -0.3 is 10.0 Å². The van der Waals surface area contributed by atoms with Crippen molar-refractivity contribution in [1.29, 1.82) is 0 Å². The number of aliphatic hydroxyl groups excluding tert-OH is 1. The summed E-state index contributed by atoms with van der Waals surface area (Å²) in [5, 5.41) is 9.13. The van der Waals surface area contributed by atoms with Crippen molar-refractivity contribution in [2.24, 2.45) is 0 Å². The van der Waals surface area contributed by atoms with E-state index in [0.717, 1.165) is 12.3 Å². The Morgan fingerprint density at radius 3 is 2.69 bits per heavy atom. The summed E-state index contributed by atoms with van der Waals surface area (Å²) >= 11 is 0. The number of aliphatic hydroxyl groups is 1. The third-order valence-corrected chi connectivity index (χ3v) is 2.55. The van der Waals surface area contributed by atoms with Gasteiger partial charge in [0.1, 0.15) is 5.82 Å². The lowest BCUT2D eigenvalue weighted by Crippen LogP contribution is -2.47. The number of amides is 1. The molecule has 0 bridgehead atoms. The molecule has 0 aliphatic carbocycles. The molecular weight excluding hydrogens is 211 g/mol. The molecular formula is C11H15FN2O2. The fourth-order valence-electron chi connectivity index (χ4n) is 1.10. The molecule has 1 aromatic heterocycles. The van der Waals surface area contributed by atoms with Crippen LogP contribution >= 0.6 is 0 Å². The Kier molecular flexibility index (Phi) is 3.59.